The Morgan fingerprint density at radius 3 is 2.39 bits per heavy atom. The molecular weight excluding hydrogens is 449 g/mol. The van der Waals surface area contributed by atoms with Gasteiger partial charge >= 0.3 is 13.7 Å². The lowest BCUT2D eigenvalue weighted by atomic mass is 9.87. The lowest BCUT2D eigenvalue weighted by Crippen LogP contribution is -2.52. The molecule has 0 saturated carbocycles. The van der Waals surface area contributed by atoms with Crippen LogP contribution in [0.5, 0.6) is 0 Å². The summed E-state index contributed by atoms with van der Waals surface area (Å²) in [6.45, 7) is 8.38. The van der Waals surface area contributed by atoms with E-state index < -0.39 is 43.1 Å². The van der Waals surface area contributed by atoms with Gasteiger partial charge in [0, 0.05) is 37.6 Å². The first-order valence-electron chi connectivity index (χ1n) is 9.89. The Hall–Kier alpha value is -1.46. The highest BCUT2D eigenvalue weighted by molar-refractivity contribution is 8.13. The van der Waals surface area contributed by atoms with Gasteiger partial charge in [0.2, 0.25) is 11.8 Å². The van der Waals surface area contributed by atoms with Crippen molar-refractivity contribution in [3.63, 3.8) is 0 Å². The van der Waals surface area contributed by atoms with E-state index in [1.54, 1.807) is 27.7 Å². The van der Waals surface area contributed by atoms with E-state index in [-0.39, 0.29) is 30.6 Å². The second-order valence-corrected chi connectivity index (χ2v) is 11.2. The molecule has 178 valence electrons. The Kier molecular flexibility index (Phi) is 10.6. The Labute approximate surface area is 186 Å². The Bertz CT molecular complexity index is 731. The van der Waals surface area contributed by atoms with Crippen LogP contribution in [0, 0.1) is 11.3 Å². The van der Waals surface area contributed by atoms with Gasteiger partial charge in [-0.3, -0.25) is 28.2 Å². The fourth-order valence-corrected chi connectivity index (χ4v) is 5.23. The predicted octanol–water partition coefficient (Wildman–Crippen LogP) is 1.14. The summed E-state index contributed by atoms with van der Waals surface area (Å²) >= 11 is 1.11. The number of carbonyl (C=O) groups excluding carboxylic acids is 3. The van der Waals surface area contributed by atoms with E-state index in [1.165, 1.54) is 6.92 Å². The molecule has 1 fully saturated rings. The van der Waals surface area contributed by atoms with Crippen LogP contribution in [0.25, 0.3) is 0 Å². The average molecular weight is 482 g/mol. The molecule has 0 aliphatic carbocycles. The number of carboxylic acid groups (broad SMARTS) is 1. The molecule has 13 heteroatoms. The van der Waals surface area contributed by atoms with Crippen molar-refractivity contribution in [2.24, 2.45) is 11.3 Å². The van der Waals surface area contributed by atoms with Crippen molar-refractivity contribution in [1.82, 2.24) is 15.7 Å². The molecule has 0 aromatic heterocycles. The summed E-state index contributed by atoms with van der Waals surface area (Å²) in [4.78, 5) is 46.7. The molecule has 1 heterocycles. The summed E-state index contributed by atoms with van der Waals surface area (Å²) < 4.78 is 23.7. The molecule has 0 radical (unpaired) electrons. The van der Waals surface area contributed by atoms with Gasteiger partial charge in [0.1, 0.15) is 6.04 Å². The fourth-order valence-electron chi connectivity index (χ4n) is 2.63. The smallest absolute Gasteiger partial charge is 0.407 e. The third-order valence-corrected chi connectivity index (χ3v) is 6.78. The van der Waals surface area contributed by atoms with Gasteiger partial charge in [-0.05, 0) is 5.92 Å². The third-order valence-electron chi connectivity index (χ3n) is 4.41. The minimum Gasteiger partial charge on any atom is -0.480 e. The second kappa shape index (κ2) is 12.0. The van der Waals surface area contributed by atoms with E-state index in [0.717, 1.165) is 11.8 Å². The number of thioether (sulfide) groups is 1. The fraction of sp³-hybridized carbons (Fsp3) is 0.778. The highest BCUT2D eigenvalue weighted by Gasteiger charge is 2.49. The van der Waals surface area contributed by atoms with Gasteiger partial charge in [0.25, 0.3) is 0 Å². The molecule has 0 aromatic carbocycles. The molecule has 1 aliphatic rings. The molecule has 0 aromatic rings. The summed E-state index contributed by atoms with van der Waals surface area (Å²) in [6, 6.07) is -1.18. The minimum atomic E-state index is -4.05. The summed E-state index contributed by atoms with van der Waals surface area (Å²) in [5.74, 6) is -2.01. The number of carboxylic acids is 1. The van der Waals surface area contributed by atoms with Crippen LogP contribution >= 0.6 is 19.5 Å². The van der Waals surface area contributed by atoms with E-state index >= 15 is 0 Å². The Morgan fingerprint density at radius 1 is 1.19 bits per heavy atom. The maximum atomic E-state index is 12.9. The topological polar surface area (TPSA) is 160 Å². The molecule has 1 unspecified atom stereocenters. The second-order valence-electron chi connectivity index (χ2n) is 8.16. The normalized spacial score (nSPS) is 23.7. The molecule has 1 saturated heterocycles. The molecule has 31 heavy (non-hydrogen) atoms. The lowest BCUT2D eigenvalue weighted by Gasteiger charge is -2.41. The van der Waals surface area contributed by atoms with Crippen LogP contribution in [0.15, 0.2) is 0 Å². The first-order valence-corrected chi connectivity index (χ1v) is 12.4. The largest absolute Gasteiger partial charge is 0.480 e. The van der Waals surface area contributed by atoms with E-state index in [1.807, 2.05) is 0 Å². The quantitative estimate of drug-likeness (QED) is 0.249. The van der Waals surface area contributed by atoms with Gasteiger partial charge in [-0.2, -0.15) is 0 Å². The molecule has 11 nitrogen and oxygen atoms in total. The van der Waals surface area contributed by atoms with E-state index in [2.05, 4.69) is 15.7 Å². The van der Waals surface area contributed by atoms with Crippen LogP contribution in [0.4, 0.5) is 0 Å². The summed E-state index contributed by atoms with van der Waals surface area (Å²) in [6.07, 6.45) is -1.15. The van der Waals surface area contributed by atoms with Crippen LogP contribution in [-0.2, 0) is 32.8 Å². The molecule has 1 rings (SSSR count). The number of nitrogens with one attached hydrogen (secondary N) is 3. The monoisotopic (exact) mass is 481 g/mol. The molecule has 3 atom stereocenters. The SMILES string of the molecule is CC(=O)SCCNC(=O)CCNC(=O)[C@@H]1O[P@](=O)(NC(C(=O)O)C(C)C)OCC1(C)C. The molecule has 0 bridgehead atoms. The highest BCUT2D eigenvalue weighted by Crippen LogP contribution is 2.53. The van der Waals surface area contributed by atoms with Gasteiger partial charge in [-0.15, -0.1) is 0 Å². The van der Waals surface area contributed by atoms with Crippen LogP contribution in [-0.4, -0.2) is 65.6 Å². The molecule has 1 aliphatic heterocycles. The van der Waals surface area contributed by atoms with Crippen molar-refractivity contribution in [2.75, 3.05) is 25.4 Å². The minimum absolute atomic E-state index is 0.0183. The third kappa shape index (κ3) is 9.28. The first kappa shape index (κ1) is 27.6. The van der Waals surface area contributed by atoms with Crippen molar-refractivity contribution in [3.8, 4) is 0 Å². The molecule has 0 spiro atoms. The van der Waals surface area contributed by atoms with Gasteiger partial charge in [-0.1, -0.05) is 39.5 Å². The van der Waals surface area contributed by atoms with Crippen molar-refractivity contribution in [1.29, 1.82) is 0 Å². The summed E-state index contributed by atoms with van der Waals surface area (Å²) in [5, 5.41) is 16.9. The zero-order chi connectivity index (χ0) is 23.8. The number of carbonyl (C=O) groups is 4. The maximum absolute atomic E-state index is 12.9. The average Bonchev–Trinajstić information content (AvgIpc) is 2.65. The van der Waals surface area contributed by atoms with Crippen molar-refractivity contribution in [3.05, 3.63) is 0 Å². The first-order chi connectivity index (χ1) is 14.3. The standard InChI is InChI=1S/C18H32N3O8PS/c1-11(2)14(17(25)26)21-30(27)28-10-18(4,5)15(29-30)16(24)20-7-6-13(23)19-8-9-31-12(3)22/h11,14-15H,6-10H2,1-5H3,(H,19,23)(H,20,24)(H,21,27)(H,25,26)/t14?,15-,30-/m0/s1. The van der Waals surface area contributed by atoms with Crippen molar-refractivity contribution in [2.45, 2.75) is 53.2 Å². The van der Waals surface area contributed by atoms with Gasteiger partial charge in [0.15, 0.2) is 11.2 Å². The van der Waals surface area contributed by atoms with Gasteiger partial charge in [-0.25, -0.2) is 9.65 Å². The number of amides is 2. The van der Waals surface area contributed by atoms with Crippen LogP contribution < -0.4 is 15.7 Å². The van der Waals surface area contributed by atoms with Crippen molar-refractivity contribution < 1.29 is 37.9 Å². The molecule has 4 N–H and O–H groups in total. The zero-order valence-corrected chi connectivity index (χ0v) is 20.1. The van der Waals surface area contributed by atoms with E-state index in [0.29, 0.717) is 12.3 Å². The van der Waals surface area contributed by atoms with Gasteiger partial charge in [0.05, 0.1) is 6.61 Å². The van der Waals surface area contributed by atoms with E-state index in [9.17, 15) is 28.8 Å². The number of rotatable bonds is 11. The highest BCUT2D eigenvalue weighted by atomic mass is 32.2. The predicted molar refractivity (Wildman–Crippen MR) is 115 cm³/mol. The van der Waals surface area contributed by atoms with Crippen LogP contribution in [0.3, 0.4) is 0 Å². The Morgan fingerprint density at radius 2 is 1.84 bits per heavy atom. The Balaban J connectivity index is 2.62. The van der Waals surface area contributed by atoms with Crippen LogP contribution in [0.2, 0.25) is 0 Å². The van der Waals surface area contributed by atoms with Gasteiger partial charge < -0.3 is 15.7 Å². The van der Waals surface area contributed by atoms with E-state index in [4.69, 9.17) is 9.05 Å². The number of aliphatic carboxylic acids is 1. The van der Waals surface area contributed by atoms with Crippen molar-refractivity contribution >= 4 is 42.4 Å². The lowest BCUT2D eigenvalue weighted by molar-refractivity contribution is -0.141. The molecule has 2 amide bonds. The number of hydrogen-bond donors (Lipinski definition) is 4. The summed E-state index contributed by atoms with van der Waals surface area (Å²) in [5.41, 5.74) is -0.831. The maximum Gasteiger partial charge on any atom is 0.407 e. The van der Waals surface area contributed by atoms with Crippen LogP contribution in [0.1, 0.15) is 41.0 Å². The summed E-state index contributed by atoms with van der Waals surface area (Å²) in [7, 11) is -4.05. The number of hydrogen-bond acceptors (Lipinski definition) is 8. The zero-order valence-electron chi connectivity index (χ0n) is 18.4. The molecular formula is C18H32N3O8PS.